The van der Waals surface area contributed by atoms with Crippen molar-refractivity contribution in [2.75, 3.05) is 0 Å². The van der Waals surface area contributed by atoms with E-state index in [-0.39, 0.29) is 11.5 Å². The van der Waals surface area contributed by atoms with E-state index in [1.54, 1.807) is 6.08 Å². The molecule has 44 valence electrons. The summed E-state index contributed by atoms with van der Waals surface area (Å²) in [5.41, 5.74) is 1.00. The molecule has 0 spiro atoms. The number of allylic oxidation sites excluding steroid dienone is 2. The highest BCUT2D eigenvalue weighted by Gasteiger charge is 2.09. The van der Waals surface area contributed by atoms with Gasteiger partial charge in [-0.05, 0) is 13.0 Å². The molecule has 0 bridgehead atoms. The van der Waals surface area contributed by atoms with Crippen LogP contribution in [0.25, 0.3) is 0 Å². The fourth-order valence-corrected chi connectivity index (χ4v) is 0.722. The van der Waals surface area contributed by atoms with Gasteiger partial charge in [0.1, 0.15) is 5.76 Å². The number of hydrogen-bond donors (Lipinski definition) is 2. The summed E-state index contributed by atoms with van der Waals surface area (Å²) >= 11 is 0. The van der Waals surface area contributed by atoms with Crippen molar-refractivity contribution >= 4 is 0 Å². The summed E-state index contributed by atoms with van der Waals surface area (Å²) in [6.07, 6.45) is 2.07. The molecule has 2 N–H and O–H groups in total. The largest absolute Gasteiger partial charge is 0.508 e. The molecule has 1 rings (SSSR count). The maximum absolute atomic E-state index is 8.75. The topological polar surface area (TPSA) is 40.5 Å². The van der Waals surface area contributed by atoms with Crippen molar-refractivity contribution in [1.29, 1.82) is 0 Å². The maximum atomic E-state index is 8.75. The lowest BCUT2D eigenvalue weighted by Gasteiger charge is -1.88. The van der Waals surface area contributed by atoms with E-state index in [4.69, 9.17) is 10.2 Å². The van der Waals surface area contributed by atoms with E-state index in [2.05, 4.69) is 0 Å². The summed E-state index contributed by atoms with van der Waals surface area (Å²) in [5, 5.41) is 17.5. The van der Waals surface area contributed by atoms with Crippen LogP contribution in [0.1, 0.15) is 13.3 Å². The minimum absolute atomic E-state index is 0.0162. The van der Waals surface area contributed by atoms with Crippen molar-refractivity contribution in [3.8, 4) is 0 Å². The second-order valence-electron chi connectivity index (χ2n) is 2.00. The standard InChI is InChI=1S/C6H8O2/c1-4-2-5(7)6(8)3-4/h2,7-8H,3H2,1H3. The molecule has 2 nitrogen and oxygen atoms in total. The first kappa shape index (κ1) is 5.22. The average molecular weight is 112 g/mol. The first-order valence-electron chi connectivity index (χ1n) is 2.48. The lowest BCUT2D eigenvalue weighted by Crippen LogP contribution is -1.78. The number of aliphatic hydroxyl groups excluding tert-OH is 2. The smallest absolute Gasteiger partial charge is 0.153 e. The molecule has 0 aromatic rings. The van der Waals surface area contributed by atoms with Gasteiger partial charge in [-0.1, -0.05) is 5.57 Å². The number of aliphatic hydroxyl groups is 2. The molecule has 0 amide bonds. The summed E-state index contributed by atoms with van der Waals surface area (Å²) in [5.74, 6) is 0.102. The van der Waals surface area contributed by atoms with Crippen LogP contribution in [0.5, 0.6) is 0 Å². The zero-order valence-corrected chi connectivity index (χ0v) is 4.68. The van der Waals surface area contributed by atoms with Crippen LogP contribution < -0.4 is 0 Å². The fraction of sp³-hybridized carbons (Fsp3) is 0.333. The molecule has 0 heterocycles. The van der Waals surface area contributed by atoms with Crippen LogP contribution in [-0.2, 0) is 0 Å². The molecular formula is C6H8O2. The SMILES string of the molecule is CC1=CC(O)=C(O)C1. The molecule has 0 aromatic carbocycles. The van der Waals surface area contributed by atoms with Gasteiger partial charge in [-0.3, -0.25) is 0 Å². The van der Waals surface area contributed by atoms with E-state index in [1.165, 1.54) is 0 Å². The fourth-order valence-electron chi connectivity index (χ4n) is 0.722. The molecule has 0 saturated carbocycles. The molecule has 2 heteroatoms. The summed E-state index contributed by atoms with van der Waals surface area (Å²) in [7, 11) is 0. The van der Waals surface area contributed by atoms with E-state index >= 15 is 0 Å². The quantitative estimate of drug-likeness (QED) is 0.500. The van der Waals surface area contributed by atoms with Crippen molar-refractivity contribution in [2.24, 2.45) is 0 Å². The third kappa shape index (κ3) is 0.689. The summed E-state index contributed by atoms with van der Waals surface area (Å²) in [6, 6.07) is 0. The van der Waals surface area contributed by atoms with Gasteiger partial charge >= 0.3 is 0 Å². The van der Waals surface area contributed by atoms with Crippen molar-refractivity contribution in [2.45, 2.75) is 13.3 Å². The van der Waals surface area contributed by atoms with Gasteiger partial charge in [0.15, 0.2) is 5.76 Å². The normalized spacial score (nSPS) is 19.4. The van der Waals surface area contributed by atoms with E-state index < -0.39 is 0 Å². The Kier molecular flexibility index (Phi) is 1.01. The van der Waals surface area contributed by atoms with Crippen LogP contribution in [0.4, 0.5) is 0 Å². The van der Waals surface area contributed by atoms with E-state index in [0.717, 1.165) is 5.57 Å². The highest BCUT2D eigenvalue weighted by atomic mass is 16.3. The van der Waals surface area contributed by atoms with Gasteiger partial charge in [0.05, 0.1) is 0 Å². The molecule has 0 atom stereocenters. The average Bonchev–Trinajstić information content (AvgIpc) is 1.85. The molecule has 8 heavy (non-hydrogen) atoms. The molecule has 0 aromatic heterocycles. The number of rotatable bonds is 0. The Morgan fingerprint density at radius 3 is 2.25 bits per heavy atom. The zero-order chi connectivity index (χ0) is 6.15. The van der Waals surface area contributed by atoms with E-state index in [1.807, 2.05) is 6.92 Å². The van der Waals surface area contributed by atoms with Gasteiger partial charge in [0, 0.05) is 6.42 Å². The van der Waals surface area contributed by atoms with Gasteiger partial charge in [-0.15, -0.1) is 0 Å². The van der Waals surface area contributed by atoms with E-state index in [0.29, 0.717) is 6.42 Å². The third-order valence-electron chi connectivity index (χ3n) is 1.13. The van der Waals surface area contributed by atoms with Crippen molar-refractivity contribution < 1.29 is 10.2 Å². The molecule has 0 unspecified atom stereocenters. The lowest BCUT2D eigenvalue weighted by molar-refractivity contribution is 0.338. The second kappa shape index (κ2) is 1.54. The predicted octanol–water partition coefficient (Wildman–Crippen LogP) is 1.66. The summed E-state index contributed by atoms with van der Waals surface area (Å²) in [4.78, 5) is 0. The highest BCUT2D eigenvalue weighted by molar-refractivity contribution is 5.29. The first-order chi connectivity index (χ1) is 3.70. The predicted molar refractivity (Wildman–Crippen MR) is 30.7 cm³/mol. The molecule has 0 aliphatic heterocycles. The Bertz CT molecular complexity index is 165. The Hall–Kier alpha value is -0.920. The minimum atomic E-state index is 0.0162. The van der Waals surface area contributed by atoms with Crippen molar-refractivity contribution in [3.05, 3.63) is 23.2 Å². The summed E-state index contributed by atoms with van der Waals surface area (Å²) < 4.78 is 0. The van der Waals surface area contributed by atoms with Crippen LogP contribution >= 0.6 is 0 Å². The van der Waals surface area contributed by atoms with Crippen LogP contribution in [0.2, 0.25) is 0 Å². The number of hydrogen-bond acceptors (Lipinski definition) is 2. The zero-order valence-electron chi connectivity index (χ0n) is 4.68. The van der Waals surface area contributed by atoms with Crippen LogP contribution in [0.15, 0.2) is 23.2 Å². The minimum Gasteiger partial charge on any atom is -0.508 e. The second-order valence-corrected chi connectivity index (χ2v) is 2.00. The molecule has 0 saturated heterocycles. The van der Waals surface area contributed by atoms with Gasteiger partial charge in [0.2, 0.25) is 0 Å². The van der Waals surface area contributed by atoms with Gasteiger partial charge in [-0.25, -0.2) is 0 Å². The van der Waals surface area contributed by atoms with Crippen molar-refractivity contribution in [1.82, 2.24) is 0 Å². The lowest BCUT2D eigenvalue weighted by atomic mass is 10.3. The first-order valence-corrected chi connectivity index (χ1v) is 2.48. The Balaban J connectivity index is 2.79. The molecule has 0 fully saturated rings. The van der Waals surface area contributed by atoms with Crippen LogP contribution in [0.3, 0.4) is 0 Å². The van der Waals surface area contributed by atoms with Gasteiger partial charge in [-0.2, -0.15) is 0 Å². The monoisotopic (exact) mass is 112 g/mol. The van der Waals surface area contributed by atoms with Gasteiger partial charge < -0.3 is 10.2 Å². The third-order valence-corrected chi connectivity index (χ3v) is 1.13. The molecule has 0 radical (unpaired) electrons. The van der Waals surface area contributed by atoms with E-state index in [9.17, 15) is 0 Å². The Morgan fingerprint density at radius 2 is 2.12 bits per heavy atom. The van der Waals surface area contributed by atoms with Crippen LogP contribution in [0, 0.1) is 0 Å². The van der Waals surface area contributed by atoms with Crippen LogP contribution in [-0.4, -0.2) is 10.2 Å². The summed E-state index contributed by atoms with van der Waals surface area (Å²) in [6.45, 7) is 1.86. The molecule has 1 aliphatic rings. The Labute approximate surface area is 47.8 Å². The Morgan fingerprint density at radius 1 is 1.50 bits per heavy atom. The molecular weight excluding hydrogens is 104 g/mol. The highest BCUT2D eigenvalue weighted by Crippen LogP contribution is 2.19. The molecule has 1 aliphatic carbocycles. The maximum Gasteiger partial charge on any atom is 0.153 e. The van der Waals surface area contributed by atoms with Gasteiger partial charge in [0.25, 0.3) is 0 Å². The van der Waals surface area contributed by atoms with Crippen molar-refractivity contribution in [3.63, 3.8) is 0 Å².